The van der Waals surface area contributed by atoms with Gasteiger partial charge in [0.25, 0.3) is 0 Å². The number of carbonyl (C=O) groups is 2. The van der Waals surface area contributed by atoms with E-state index in [1.807, 2.05) is 25.2 Å². The first-order valence-corrected chi connectivity index (χ1v) is 27.7. The molecule has 0 radical (unpaired) electrons. The molecule has 2 unspecified atom stereocenters. The topological polar surface area (TPSA) is 286 Å². The summed E-state index contributed by atoms with van der Waals surface area (Å²) in [5, 5.41) is 30.5. The summed E-state index contributed by atoms with van der Waals surface area (Å²) in [4.78, 5) is 61.8. The second-order valence-corrected chi connectivity index (χ2v) is 19.8. The third-order valence-corrected chi connectivity index (χ3v) is 13.2. The van der Waals surface area contributed by atoms with Crippen LogP contribution in [0.3, 0.4) is 0 Å². The Hall–Kier alpha value is -4.10. The molecule has 0 amide bonds. The minimum atomic E-state index is -5.45. The van der Waals surface area contributed by atoms with Crippen LogP contribution in [0.5, 0.6) is 0 Å². The summed E-state index contributed by atoms with van der Waals surface area (Å²) in [6.45, 7) is 1.67. The highest BCUT2D eigenvalue weighted by molar-refractivity contribution is 7.61. The lowest BCUT2D eigenvalue weighted by atomic mass is 10.1. The van der Waals surface area contributed by atoms with Gasteiger partial charge in [-0.25, -0.2) is 13.9 Å². The van der Waals surface area contributed by atoms with Crippen LogP contribution in [-0.2, 0) is 46.3 Å². The number of aliphatic hydroxyl groups is 3. The highest BCUT2D eigenvalue weighted by atomic mass is 31.3. The van der Waals surface area contributed by atoms with Crippen molar-refractivity contribution in [3.05, 3.63) is 108 Å². The average Bonchev–Trinajstić information content (AvgIpc) is 3.61. The number of aromatic nitrogens is 2. The lowest BCUT2D eigenvalue weighted by molar-refractivity contribution is -0.161. The van der Waals surface area contributed by atoms with Gasteiger partial charge in [0.2, 0.25) is 0 Å². The number of allylic oxidation sites excluding steroid dienone is 14. The van der Waals surface area contributed by atoms with Crippen LogP contribution in [0.25, 0.3) is 0 Å². The summed E-state index contributed by atoms with van der Waals surface area (Å²) in [5.74, 6) is -1.42. The largest absolute Gasteiger partial charge is 0.481 e. The molecular formula is C50H79N3O16P2. The number of aliphatic hydroxyl groups excluding tert-OH is 3. The SMILES string of the molecule is CC/C=C\C/C=C\C/C=C\CCCCCCCC(=O)O[C@H](COC(=O)CCC/C=C\C/C=C\C/C=C\C/C=C\CC[C@@H](O)CC)COP(=O)(O)OP(=O)(O)OC[C@H]1O[C@@H](n2ccc(N)nc2=O)[C@H](O)[C@@H]1O. The summed E-state index contributed by atoms with van der Waals surface area (Å²) in [5.41, 5.74) is 4.57. The van der Waals surface area contributed by atoms with Crippen molar-refractivity contribution in [2.24, 2.45) is 0 Å². The molecule has 1 aliphatic rings. The Morgan fingerprint density at radius 2 is 1.27 bits per heavy atom. The van der Waals surface area contributed by atoms with Crippen LogP contribution in [0.2, 0.25) is 0 Å². The zero-order chi connectivity index (χ0) is 52.2. The first-order valence-electron chi connectivity index (χ1n) is 24.7. The average molecular weight is 1040 g/mol. The quantitative estimate of drug-likeness (QED) is 0.0155. The van der Waals surface area contributed by atoms with Crippen molar-refractivity contribution >= 4 is 33.4 Å². The van der Waals surface area contributed by atoms with Crippen LogP contribution in [0, 0.1) is 0 Å². The van der Waals surface area contributed by atoms with Crippen molar-refractivity contribution in [1.29, 1.82) is 0 Å². The molecule has 1 aliphatic heterocycles. The van der Waals surface area contributed by atoms with Crippen molar-refractivity contribution in [3.8, 4) is 0 Å². The number of rotatable bonds is 39. The van der Waals surface area contributed by atoms with Crippen LogP contribution >= 0.6 is 15.6 Å². The summed E-state index contributed by atoms with van der Waals surface area (Å²) < 4.78 is 56.6. The summed E-state index contributed by atoms with van der Waals surface area (Å²) in [7, 11) is -10.9. The molecule has 1 aromatic rings. The minimum absolute atomic E-state index is 0.00727. The van der Waals surface area contributed by atoms with Gasteiger partial charge in [0.1, 0.15) is 30.7 Å². The normalized spacial score (nSPS) is 20.3. The van der Waals surface area contributed by atoms with Gasteiger partial charge in [0, 0.05) is 19.0 Å². The van der Waals surface area contributed by atoms with Crippen LogP contribution in [-0.4, -0.2) is 96.9 Å². The number of phosphoric ester groups is 2. The van der Waals surface area contributed by atoms with Gasteiger partial charge in [-0.1, -0.05) is 118 Å². The Morgan fingerprint density at radius 1 is 0.732 bits per heavy atom. The molecule has 8 atom stereocenters. The molecule has 0 spiro atoms. The number of ether oxygens (including phenoxy) is 3. The summed E-state index contributed by atoms with van der Waals surface area (Å²) in [6.07, 6.45) is 36.2. The molecule has 19 nitrogen and oxygen atoms in total. The Labute approximate surface area is 419 Å². The molecule has 7 N–H and O–H groups in total. The van der Waals surface area contributed by atoms with Gasteiger partial charge in [-0.05, 0) is 96.0 Å². The Balaban J connectivity index is 1.84. The number of esters is 2. The van der Waals surface area contributed by atoms with Crippen LogP contribution in [0.4, 0.5) is 5.82 Å². The van der Waals surface area contributed by atoms with Gasteiger partial charge in [0.05, 0.1) is 19.3 Å². The summed E-state index contributed by atoms with van der Waals surface area (Å²) in [6, 6.07) is 1.24. The maximum absolute atomic E-state index is 12.8. The number of unbranched alkanes of at least 4 members (excludes halogenated alkanes) is 6. The highest BCUT2D eigenvalue weighted by Crippen LogP contribution is 2.60. The number of nitrogens with zero attached hydrogens (tertiary/aromatic N) is 2. The molecule has 400 valence electrons. The first-order chi connectivity index (χ1) is 34.1. The third-order valence-electron chi connectivity index (χ3n) is 10.6. The highest BCUT2D eigenvalue weighted by Gasteiger charge is 2.46. The monoisotopic (exact) mass is 1040 g/mol. The maximum atomic E-state index is 12.8. The number of phosphoric acid groups is 2. The molecule has 1 aromatic heterocycles. The van der Waals surface area contributed by atoms with E-state index < -0.39 is 83.7 Å². The number of anilines is 1. The van der Waals surface area contributed by atoms with E-state index in [9.17, 15) is 48.6 Å². The second-order valence-electron chi connectivity index (χ2n) is 16.7. The van der Waals surface area contributed by atoms with Gasteiger partial charge in [-0.3, -0.25) is 23.2 Å². The fraction of sp³-hybridized carbons (Fsp3) is 0.600. The number of hydrogen-bond acceptors (Lipinski definition) is 16. The van der Waals surface area contributed by atoms with Gasteiger partial charge in [-0.15, -0.1) is 0 Å². The second kappa shape index (κ2) is 37.6. The lowest BCUT2D eigenvalue weighted by Crippen LogP contribution is -2.36. The van der Waals surface area contributed by atoms with E-state index in [4.69, 9.17) is 29.0 Å². The van der Waals surface area contributed by atoms with Gasteiger partial charge in [-0.2, -0.15) is 9.29 Å². The predicted molar refractivity (Wildman–Crippen MR) is 271 cm³/mol. The first kappa shape index (κ1) is 63.0. The van der Waals surface area contributed by atoms with E-state index in [0.717, 1.165) is 101 Å². The van der Waals surface area contributed by atoms with Crippen molar-refractivity contribution in [1.82, 2.24) is 9.55 Å². The summed E-state index contributed by atoms with van der Waals surface area (Å²) >= 11 is 0. The van der Waals surface area contributed by atoms with Gasteiger partial charge >= 0.3 is 33.3 Å². The molecule has 0 aliphatic carbocycles. The molecule has 71 heavy (non-hydrogen) atoms. The fourth-order valence-corrected chi connectivity index (χ4v) is 8.76. The zero-order valence-corrected chi connectivity index (χ0v) is 43.1. The smallest absolute Gasteiger partial charge is 0.462 e. The van der Waals surface area contributed by atoms with Crippen molar-refractivity contribution in [3.63, 3.8) is 0 Å². The van der Waals surface area contributed by atoms with E-state index in [0.29, 0.717) is 19.3 Å². The maximum Gasteiger partial charge on any atom is 0.481 e. The Kier molecular flexibility index (Phi) is 33.4. The van der Waals surface area contributed by atoms with Gasteiger partial charge < -0.3 is 45.1 Å². The van der Waals surface area contributed by atoms with Crippen molar-refractivity contribution in [2.45, 2.75) is 173 Å². The number of nitrogen functional groups attached to an aromatic ring is 1. The molecule has 2 heterocycles. The molecular weight excluding hydrogens is 961 g/mol. The standard InChI is InChI=1S/C50H79N3O16P2/c1-3-5-6-7-8-9-10-11-12-17-20-23-26-29-32-35-46(56)67-42(38-64-45(55)34-31-28-25-22-19-16-14-13-15-18-21-24-27-30-33-41(54)4-2)39-65-70(60,61)69-71(62,63)66-40-43-47(57)48(58)49(68-43)53-37-36-44(51)52-50(53)59/h5-6,8-9,11-12,14-16,18,22,24-25,27,36-37,41-43,47-49,54,57-58H,3-4,7,10,13,17,19-21,23,26,28-35,38-40H2,1-2H3,(H,60,61)(H,62,63)(H2,51,52,59)/b6-5-,9-8-,12-11-,16-14-,18-15-,25-22-,27-24-/t41-,42+,43+,47+,48+,49+/m0/s1. The number of nitrogens with two attached hydrogens (primary N) is 1. The van der Waals surface area contributed by atoms with Crippen LogP contribution in [0.1, 0.15) is 142 Å². The molecule has 2 rings (SSSR count). The van der Waals surface area contributed by atoms with E-state index in [1.165, 1.54) is 6.07 Å². The molecule has 1 saturated heterocycles. The Morgan fingerprint density at radius 3 is 1.87 bits per heavy atom. The zero-order valence-electron chi connectivity index (χ0n) is 41.4. The predicted octanol–water partition coefficient (Wildman–Crippen LogP) is 8.86. The van der Waals surface area contributed by atoms with E-state index in [2.05, 4.69) is 83.1 Å². The Bertz CT molecular complexity index is 2040. The van der Waals surface area contributed by atoms with Crippen LogP contribution < -0.4 is 11.4 Å². The van der Waals surface area contributed by atoms with Gasteiger partial charge in [0.15, 0.2) is 12.3 Å². The molecule has 0 bridgehead atoms. The molecule has 21 heteroatoms. The number of carbonyl (C=O) groups excluding carboxylic acids is 2. The molecule has 0 aromatic carbocycles. The minimum Gasteiger partial charge on any atom is -0.462 e. The van der Waals surface area contributed by atoms with E-state index >= 15 is 0 Å². The molecule has 1 fully saturated rings. The molecule has 0 saturated carbocycles. The van der Waals surface area contributed by atoms with Crippen molar-refractivity contribution < 1.29 is 71.4 Å². The fourth-order valence-electron chi connectivity index (χ4n) is 6.65. The van der Waals surface area contributed by atoms with Crippen molar-refractivity contribution in [2.75, 3.05) is 25.6 Å². The third kappa shape index (κ3) is 30.5. The number of hydrogen-bond donors (Lipinski definition) is 6. The van der Waals surface area contributed by atoms with E-state index in [-0.39, 0.29) is 24.8 Å². The lowest BCUT2D eigenvalue weighted by Gasteiger charge is -2.21. The van der Waals surface area contributed by atoms with Crippen LogP contribution in [0.15, 0.2) is 102 Å². The van der Waals surface area contributed by atoms with E-state index in [1.54, 1.807) is 0 Å².